The fourth-order valence-corrected chi connectivity index (χ4v) is 2.57. The maximum absolute atomic E-state index is 12.3. The zero-order valence-electron chi connectivity index (χ0n) is 13.1. The third-order valence-corrected chi connectivity index (χ3v) is 3.65. The van der Waals surface area contributed by atoms with Crippen molar-refractivity contribution < 1.29 is 9.53 Å². The van der Waals surface area contributed by atoms with Crippen molar-refractivity contribution in [2.75, 3.05) is 11.6 Å². The van der Waals surface area contributed by atoms with Gasteiger partial charge in [-0.1, -0.05) is 24.3 Å². The Morgan fingerprint density at radius 3 is 2.45 bits per heavy atom. The summed E-state index contributed by atoms with van der Waals surface area (Å²) in [5.74, 6) is 1.51. The summed E-state index contributed by atoms with van der Waals surface area (Å²) in [5, 5.41) is 2.91. The summed E-state index contributed by atoms with van der Waals surface area (Å²) < 4.78 is 5.72. The zero-order valence-corrected chi connectivity index (χ0v) is 13.9. The molecule has 116 valence electrons. The summed E-state index contributed by atoms with van der Waals surface area (Å²) >= 11 is 1.76. The number of carbonyl (C=O) groups is 1. The molecule has 0 bridgehead atoms. The third kappa shape index (κ3) is 4.53. The van der Waals surface area contributed by atoms with Crippen LogP contribution in [0.5, 0.6) is 5.75 Å². The first-order chi connectivity index (χ1) is 10.6. The van der Waals surface area contributed by atoms with Crippen molar-refractivity contribution in [2.24, 2.45) is 0 Å². The number of ether oxygens (including phenoxy) is 1. The number of amides is 1. The summed E-state index contributed by atoms with van der Waals surface area (Å²) in [5.41, 5.74) is 2.55. The predicted molar refractivity (Wildman–Crippen MR) is 93.8 cm³/mol. The van der Waals surface area contributed by atoms with E-state index in [1.807, 2.05) is 62.4 Å². The Kier molecular flexibility index (Phi) is 5.90. The molecule has 4 heteroatoms. The molecule has 0 spiro atoms. The lowest BCUT2D eigenvalue weighted by atomic mass is 10.1. The van der Waals surface area contributed by atoms with Gasteiger partial charge in [0.15, 0.2) is 0 Å². The summed E-state index contributed by atoms with van der Waals surface area (Å²) in [6.45, 7) is 3.92. The Hall–Kier alpha value is -1.94. The van der Waals surface area contributed by atoms with Crippen LogP contribution in [0.1, 0.15) is 29.8 Å². The SMILES string of the molecule is CSCc1ccc(C(=O)Nc2ccccc2OC(C)C)cc1. The summed E-state index contributed by atoms with van der Waals surface area (Å²) in [6.07, 6.45) is 2.12. The van der Waals surface area contributed by atoms with Crippen LogP contribution in [0.15, 0.2) is 48.5 Å². The lowest BCUT2D eigenvalue weighted by Crippen LogP contribution is -2.14. The first-order valence-electron chi connectivity index (χ1n) is 7.25. The van der Waals surface area contributed by atoms with Crippen LogP contribution < -0.4 is 10.1 Å². The lowest BCUT2D eigenvalue weighted by molar-refractivity contribution is 0.102. The van der Waals surface area contributed by atoms with Crippen LogP contribution in [0.4, 0.5) is 5.69 Å². The molecule has 3 nitrogen and oxygen atoms in total. The van der Waals surface area contributed by atoms with Crippen molar-refractivity contribution in [1.29, 1.82) is 0 Å². The number of thioether (sulfide) groups is 1. The Labute approximate surface area is 136 Å². The first-order valence-corrected chi connectivity index (χ1v) is 8.64. The van der Waals surface area contributed by atoms with Crippen LogP contribution in [0.25, 0.3) is 0 Å². The van der Waals surface area contributed by atoms with Crippen LogP contribution in [0, 0.1) is 0 Å². The molecule has 0 aromatic heterocycles. The number of benzene rings is 2. The molecule has 0 heterocycles. The molecule has 1 amide bonds. The quantitative estimate of drug-likeness (QED) is 0.847. The predicted octanol–water partition coefficient (Wildman–Crippen LogP) is 4.59. The van der Waals surface area contributed by atoms with E-state index in [1.165, 1.54) is 5.56 Å². The van der Waals surface area contributed by atoms with Crippen molar-refractivity contribution >= 4 is 23.4 Å². The molecule has 2 aromatic carbocycles. The van der Waals surface area contributed by atoms with Gasteiger partial charge < -0.3 is 10.1 Å². The van der Waals surface area contributed by atoms with Gasteiger partial charge in [-0.15, -0.1) is 0 Å². The number of nitrogens with one attached hydrogen (secondary N) is 1. The number of carbonyl (C=O) groups excluding carboxylic acids is 1. The molecule has 2 aromatic rings. The standard InChI is InChI=1S/C18H21NO2S/c1-13(2)21-17-7-5-4-6-16(17)19-18(20)15-10-8-14(9-11-15)12-22-3/h4-11,13H,12H2,1-3H3,(H,19,20). The molecule has 0 atom stereocenters. The van der Waals surface area contributed by atoms with Gasteiger partial charge in [0, 0.05) is 11.3 Å². The van der Waals surface area contributed by atoms with Crippen LogP contribution >= 0.6 is 11.8 Å². The van der Waals surface area contributed by atoms with Crippen LogP contribution in [0.2, 0.25) is 0 Å². The first kappa shape index (κ1) is 16.4. The van der Waals surface area contributed by atoms with Crippen LogP contribution in [-0.4, -0.2) is 18.3 Å². The van der Waals surface area contributed by atoms with Gasteiger partial charge in [-0.3, -0.25) is 4.79 Å². The third-order valence-electron chi connectivity index (χ3n) is 3.03. The molecule has 0 fully saturated rings. The van der Waals surface area contributed by atoms with E-state index in [0.29, 0.717) is 17.0 Å². The average molecular weight is 315 g/mol. The highest BCUT2D eigenvalue weighted by atomic mass is 32.2. The number of rotatable bonds is 6. The van der Waals surface area contributed by atoms with Crippen molar-refractivity contribution in [1.82, 2.24) is 0 Å². The molecule has 22 heavy (non-hydrogen) atoms. The second kappa shape index (κ2) is 7.90. The van der Waals surface area contributed by atoms with E-state index < -0.39 is 0 Å². The Morgan fingerprint density at radius 2 is 1.82 bits per heavy atom. The minimum absolute atomic E-state index is 0.0591. The van der Waals surface area contributed by atoms with Gasteiger partial charge >= 0.3 is 0 Å². The summed E-state index contributed by atoms with van der Waals surface area (Å²) in [6, 6.07) is 15.2. The Morgan fingerprint density at radius 1 is 1.14 bits per heavy atom. The molecular formula is C18H21NO2S. The van der Waals surface area contributed by atoms with Crippen molar-refractivity contribution in [3.63, 3.8) is 0 Å². The van der Waals surface area contributed by atoms with Crippen molar-refractivity contribution in [3.05, 3.63) is 59.7 Å². The van der Waals surface area contributed by atoms with E-state index in [2.05, 4.69) is 11.6 Å². The van der Waals surface area contributed by atoms with E-state index in [9.17, 15) is 4.79 Å². The lowest BCUT2D eigenvalue weighted by Gasteiger charge is -2.14. The van der Waals surface area contributed by atoms with E-state index >= 15 is 0 Å². The molecule has 0 aliphatic rings. The van der Waals surface area contributed by atoms with Gasteiger partial charge in [-0.05, 0) is 49.9 Å². The molecule has 2 rings (SSSR count). The number of para-hydroxylation sites is 2. The number of hydrogen-bond donors (Lipinski definition) is 1. The van der Waals surface area contributed by atoms with Crippen LogP contribution in [0.3, 0.4) is 0 Å². The Bertz CT molecular complexity index is 623. The molecule has 0 saturated heterocycles. The summed E-state index contributed by atoms with van der Waals surface area (Å²) in [4.78, 5) is 12.3. The van der Waals surface area contributed by atoms with Gasteiger partial charge in [0.05, 0.1) is 11.8 Å². The maximum atomic E-state index is 12.3. The normalized spacial score (nSPS) is 10.5. The van der Waals surface area contributed by atoms with Crippen molar-refractivity contribution in [3.8, 4) is 5.75 Å². The minimum atomic E-state index is -0.129. The average Bonchev–Trinajstić information content (AvgIpc) is 2.50. The monoisotopic (exact) mass is 315 g/mol. The van der Waals surface area contributed by atoms with Gasteiger partial charge in [0.1, 0.15) is 5.75 Å². The molecular weight excluding hydrogens is 294 g/mol. The van der Waals surface area contributed by atoms with E-state index in [-0.39, 0.29) is 12.0 Å². The van der Waals surface area contributed by atoms with Crippen LogP contribution in [-0.2, 0) is 5.75 Å². The molecule has 0 aliphatic carbocycles. The summed E-state index contributed by atoms with van der Waals surface area (Å²) in [7, 11) is 0. The fraction of sp³-hybridized carbons (Fsp3) is 0.278. The highest BCUT2D eigenvalue weighted by Gasteiger charge is 2.10. The second-order valence-electron chi connectivity index (χ2n) is 5.25. The number of hydrogen-bond acceptors (Lipinski definition) is 3. The molecule has 0 aliphatic heterocycles. The molecule has 0 radical (unpaired) electrons. The van der Waals surface area contributed by atoms with Gasteiger partial charge in [0.2, 0.25) is 0 Å². The highest BCUT2D eigenvalue weighted by Crippen LogP contribution is 2.25. The number of anilines is 1. The molecule has 0 unspecified atom stereocenters. The van der Waals surface area contributed by atoms with Crippen molar-refractivity contribution in [2.45, 2.75) is 25.7 Å². The minimum Gasteiger partial charge on any atom is -0.489 e. The van der Waals surface area contributed by atoms with E-state index in [1.54, 1.807) is 11.8 Å². The Balaban J connectivity index is 2.11. The largest absolute Gasteiger partial charge is 0.489 e. The fourth-order valence-electron chi connectivity index (χ4n) is 2.04. The highest BCUT2D eigenvalue weighted by molar-refractivity contribution is 7.97. The smallest absolute Gasteiger partial charge is 0.255 e. The topological polar surface area (TPSA) is 38.3 Å². The van der Waals surface area contributed by atoms with Gasteiger partial charge in [0.25, 0.3) is 5.91 Å². The molecule has 1 N–H and O–H groups in total. The van der Waals surface area contributed by atoms with Gasteiger partial charge in [-0.25, -0.2) is 0 Å². The maximum Gasteiger partial charge on any atom is 0.255 e. The van der Waals surface area contributed by atoms with Gasteiger partial charge in [-0.2, -0.15) is 11.8 Å². The van der Waals surface area contributed by atoms with E-state index in [0.717, 1.165) is 5.75 Å². The zero-order chi connectivity index (χ0) is 15.9. The second-order valence-corrected chi connectivity index (χ2v) is 6.11. The van der Waals surface area contributed by atoms with E-state index in [4.69, 9.17) is 4.74 Å². The molecule has 0 saturated carbocycles.